The number of aromatic amines is 1. The van der Waals surface area contributed by atoms with E-state index in [1.807, 2.05) is 12.1 Å². The Kier molecular flexibility index (Phi) is 6.94. The van der Waals surface area contributed by atoms with Crippen LogP contribution in [0.1, 0.15) is 40.6 Å². The third-order valence-corrected chi connectivity index (χ3v) is 7.13. The van der Waals surface area contributed by atoms with Crippen molar-refractivity contribution in [3.8, 4) is 11.4 Å². The molecule has 0 radical (unpaired) electrons. The molecule has 0 saturated carbocycles. The Morgan fingerprint density at radius 1 is 1.26 bits per heavy atom. The molecule has 162 valence electrons. The molecule has 4 rings (SSSR count). The number of halogens is 1. The van der Waals surface area contributed by atoms with Crippen LogP contribution in [-0.2, 0) is 22.4 Å². The quantitative estimate of drug-likeness (QED) is 0.369. The molecule has 0 atom stereocenters. The van der Waals surface area contributed by atoms with Crippen molar-refractivity contribution >= 4 is 51.6 Å². The summed E-state index contributed by atoms with van der Waals surface area (Å²) in [5.74, 6) is 0.149. The highest BCUT2D eigenvalue weighted by atomic mass is 35.5. The van der Waals surface area contributed by atoms with Crippen molar-refractivity contribution in [2.24, 2.45) is 0 Å². The number of H-pyrrole nitrogens is 1. The van der Waals surface area contributed by atoms with Crippen LogP contribution in [0.4, 0.5) is 5.00 Å². The second-order valence-electron chi connectivity index (χ2n) is 6.95. The Labute approximate surface area is 192 Å². The van der Waals surface area contributed by atoms with Crippen molar-refractivity contribution in [3.05, 3.63) is 45.3 Å². The first kappa shape index (κ1) is 21.9. The first-order valence-corrected chi connectivity index (χ1v) is 12.2. The number of hydrogen-bond acceptors (Lipinski definition) is 7. The maximum Gasteiger partial charge on any atom is 0.341 e. The van der Waals surface area contributed by atoms with E-state index < -0.39 is 0 Å². The van der Waals surface area contributed by atoms with E-state index in [4.69, 9.17) is 16.3 Å². The standard InChI is InChI=1S/C21H21ClN4O3S2/c1-2-29-20(28)17-14-5-3-4-6-15(14)31-19(17)23-16(27)11-30-21-24-18(25-26-21)12-7-9-13(22)10-8-12/h7-10H,2-6,11H2,1H3,(H,23,27)(H,24,25,26). The van der Waals surface area contributed by atoms with Crippen molar-refractivity contribution in [3.63, 3.8) is 0 Å². The van der Waals surface area contributed by atoms with Gasteiger partial charge in [-0.2, -0.15) is 0 Å². The van der Waals surface area contributed by atoms with Crippen molar-refractivity contribution in [2.75, 3.05) is 17.7 Å². The van der Waals surface area contributed by atoms with Crippen molar-refractivity contribution in [1.82, 2.24) is 15.2 Å². The van der Waals surface area contributed by atoms with Crippen LogP contribution in [0.15, 0.2) is 29.4 Å². The highest BCUT2D eigenvalue weighted by molar-refractivity contribution is 7.99. The predicted molar refractivity (Wildman–Crippen MR) is 123 cm³/mol. The van der Waals surface area contributed by atoms with Crippen LogP contribution in [0.25, 0.3) is 11.4 Å². The van der Waals surface area contributed by atoms with Gasteiger partial charge in [-0.1, -0.05) is 23.4 Å². The summed E-state index contributed by atoms with van der Waals surface area (Å²) in [4.78, 5) is 30.7. The number of esters is 1. The van der Waals surface area contributed by atoms with Crippen LogP contribution >= 0.6 is 34.7 Å². The van der Waals surface area contributed by atoms with Gasteiger partial charge in [-0.25, -0.2) is 9.78 Å². The highest BCUT2D eigenvalue weighted by Crippen LogP contribution is 2.38. The van der Waals surface area contributed by atoms with Crippen LogP contribution in [0.2, 0.25) is 5.02 Å². The maximum atomic E-state index is 12.6. The fourth-order valence-corrected chi connectivity index (χ4v) is 5.43. The maximum absolute atomic E-state index is 12.6. The molecular weight excluding hydrogens is 456 g/mol. The first-order chi connectivity index (χ1) is 15.0. The van der Waals surface area contributed by atoms with Gasteiger partial charge >= 0.3 is 5.97 Å². The van der Waals surface area contributed by atoms with Crippen molar-refractivity contribution in [1.29, 1.82) is 0 Å². The molecule has 7 nitrogen and oxygen atoms in total. The third-order valence-electron chi connectivity index (χ3n) is 4.82. The van der Waals surface area contributed by atoms with Gasteiger partial charge in [0.2, 0.25) is 11.1 Å². The molecular formula is C21H21ClN4O3S2. The number of thioether (sulfide) groups is 1. The summed E-state index contributed by atoms with van der Waals surface area (Å²) >= 11 is 8.61. The molecule has 31 heavy (non-hydrogen) atoms. The van der Waals surface area contributed by atoms with Crippen LogP contribution in [-0.4, -0.2) is 39.4 Å². The summed E-state index contributed by atoms with van der Waals surface area (Å²) < 4.78 is 5.23. The summed E-state index contributed by atoms with van der Waals surface area (Å²) in [6, 6.07) is 7.25. The average Bonchev–Trinajstić information content (AvgIpc) is 3.37. The molecule has 0 aliphatic heterocycles. The lowest BCUT2D eigenvalue weighted by Gasteiger charge is -2.12. The Bertz CT molecular complexity index is 1090. The van der Waals surface area contributed by atoms with E-state index in [1.165, 1.54) is 28.0 Å². The Hall–Kier alpha value is -2.36. The molecule has 0 unspecified atom stereocenters. The number of amides is 1. The lowest BCUT2D eigenvalue weighted by Crippen LogP contribution is -2.17. The van der Waals surface area contributed by atoms with Gasteiger partial charge in [-0.3, -0.25) is 9.89 Å². The summed E-state index contributed by atoms with van der Waals surface area (Å²) in [5, 5.41) is 11.6. The number of benzene rings is 1. The minimum absolute atomic E-state index is 0.128. The third kappa shape index (κ3) is 5.11. The zero-order valence-corrected chi connectivity index (χ0v) is 19.3. The topological polar surface area (TPSA) is 97.0 Å². The van der Waals surface area contributed by atoms with E-state index in [0.29, 0.717) is 33.2 Å². The fraction of sp³-hybridized carbons (Fsp3) is 0.333. The van der Waals surface area contributed by atoms with E-state index >= 15 is 0 Å². The highest BCUT2D eigenvalue weighted by Gasteiger charge is 2.27. The van der Waals surface area contributed by atoms with Gasteiger partial charge in [0.1, 0.15) is 5.00 Å². The number of carbonyl (C=O) groups excluding carboxylic acids is 2. The summed E-state index contributed by atoms with van der Waals surface area (Å²) in [5.41, 5.74) is 2.40. The first-order valence-electron chi connectivity index (χ1n) is 9.97. The SMILES string of the molecule is CCOC(=O)c1c(NC(=O)CSc2n[nH]c(-c3ccc(Cl)cc3)n2)sc2c1CCCC2. The van der Waals surface area contributed by atoms with Crippen molar-refractivity contribution in [2.45, 2.75) is 37.8 Å². The summed E-state index contributed by atoms with van der Waals surface area (Å²) in [6.07, 6.45) is 3.91. The molecule has 2 aromatic heterocycles. The molecule has 2 N–H and O–H groups in total. The van der Waals surface area contributed by atoms with Crippen LogP contribution in [0.3, 0.4) is 0 Å². The van der Waals surface area contributed by atoms with Gasteiger partial charge in [0.25, 0.3) is 0 Å². The van der Waals surface area contributed by atoms with Crippen LogP contribution < -0.4 is 5.32 Å². The number of carbonyl (C=O) groups is 2. The number of thiophene rings is 1. The lowest BCUT2D eigenvalue weighted by atomic mass is 9.95. The van der Waals surface area contributed by atoms with Crippen molar-refractivity contribution < 1.29 is 14.3 Å². The number of hydrogen-bond donors (Lipinski definition) is 2. The fourth-order valence-electron chi connectivity index (χ4n) is 3.41. The molecule has 1 amide bonds. The van der Waals surface area contributed by atoms with Crippen LogP contribution in [0, 0.1) is 0 Å². The number of nitrogens with zero attached hydrogens (tertiary/aromatic N) is 2. The molecule has 1 aliphatic rings. The Morgan fingerprint density at radius 3 is 2.81 bits per heavy atom. The zero-order valence-electron chi connectivity index (χ0n) is 16.9. The molecule has 0 bridgehead atoms. The van der Waals surface area contributed by atoms with Crippen LogP contribution in [0.5, 0.6) is 0 Å². The van der Waals surface area contributed by atoms with E-state index in [9.17, 15) is 9.59 Å². The molecule has 2 heterocycles. The monoisotopic (exact) mass is 476 g/mol. The number of fused-ring (bicyclic) bond motifs is 1. The number of rotatable bonds is 7. The second kappa shape index (κ2) is 9.84. The molecule has 0 spiro atoms. The van der Waals surface area contributed by atoms with E-state index in [2.05, 4.69) is 20.5 Å². The zero-order chi connectivity index (χ0) is 21.8. The number of aromatic nitrogens is 3. The van der Waals surface area contributed by atoms with E-state index in [0.717, 1.165) is 36.8 Å². The number of aryl methyl sites for hydroxylation is 1. The molecule has 3 aromatic rings. The molecule has 10 heteroatoms. The molecule has 1 aromatic carbocycles. The van der Waals surface area contributed by atoms with Gasteiger partial charge in [0.05, 0.1) is 17.9 Å². The minimum atomic E-state index is -0.369. The molecule has 0 fully saturated rings. The lowest BCUT2D eigenvalue weighted by molar-refractivity contribution is -0.113. The molecule has 0 saturated heterocycles. The predicted octanol–water partition coefficient (Wildman–Crippen LogP) is 4.97. The Balaban J connectivity index is 1.42. The number of ether oxygens (including phenoxy) is 1. The van der Waals surface area contributed by atoms with Gasteiger partial charge in [0, 0.05) is 15.5 Å². The van der Waals surface area contributed by atoms with E-state index in [1.54, 1.807) is 19.1 Å². The molecule has 1 aliphatic carbocycles. The smallest absolute Gasteiger partial charge is 0.341 e. The van der Waals surface area contributed by atoms with Gasteiger partial charge in [0.15, 0.2) is 5.82 Å². The minimum Gasteiger partial charge on any atom is -0.462 e. The van der Waals surface area contributed by atoms with Gasteiger partial charge in [-0.05, 0) is 62.4 Å². The van der Waals surface area contributed by atoms with Gasteiger partial charge in [-0.15, -0.1) is 16.4 Å². The van der Waals surface area contributed by atoms with E-state index in [-0.39, 0.29) is 17.6 Å². The average molecular weight is 477 g/mol. The Morgan fingerprint density at radius 2 is 2.03 bits per heavy atom. The number of anilines is 1. The summed E-state index contributed by atoms with van der Waals surface area (Å²) in [6.45, 7) is 2.08. The van der Waals surface area contributed by atoms with Gasteiger partial charge < -0.3 is 10.1 Å². The largest absolute Gasteiger partial charge is 0.462 e. The second-order valence-corrected chi connectivity index (χ2v) is 9.43. The summed E-state index contributed by atoms with van der Waals surface area (Å²) in [7, 11) is 0. The normalized spacial score (nSPS) is 13.0. The number of nitrogens with one attached hydrogen (secondary N) is 2.